The van der Waals surface area contributed by atoms with E-state index in [1.54, 1.807) is 0 Å². The standard InChI is InChI=1S/C14H19N2/c15-11-14-4-2-1-3-13(14)6-5-12-7-9-16-10-8-12/h1-7,12,16H,8-11,15H2. The highest BCUT2D eigenvalue weighted by molar-refractivity contribution is 5.54. The van der Waals surface area contributed by atoms with Gasteiger partial charge in [0.05, 0.1) is 0 Å². The molecule has 0 bridgehead atoms. The predicted octanol–water partition coefficient (Wildman–Crippen LogP) is 1.97. The van der Waals surface area contributed by atoms with Gasteiger partial charge in [0.1, 0.15) is 0 Å². The van der Waals surface area contributed by atoms with Crippen LogP contribution in [0, 0.1) is 12.3 Å². The molecule has 1 fully saturated rings. The molecular formula is C14H19N2. The molecule has 0 spiro atoms. The second-order valence-corrected chi connectivity index (χ2v) is 4.15. The summed E-state index contributed by atoms with van der Waals surface area (Å²) < 4.78 is 0. The average Bonchev–Trinajstić information content (AvgIpc) is 2.38. The van der Waals surface area contributed by atoms with Gasteiger partial charge in [0.25, 0.3) is 0 Å². The summed E-state index contributed by atoms with van der Waals surface area (Å²) in [5.41, 5.74) is 8.17. The van der Waals surface area contributed by atoms with Crippen LogP contribution in [0.3, 0.4) is 0 Å². The molecule has 85 valence electrons. The number of hydrogen-bond donors (Lipinski definition) is 2. The van der Waals surface area contributed by atoms with Crippen LogP contribution in [-0.4, -0.2) is 13.1 Å². The van der Waals surface area contributed by atoms with Crippen molar-refractivity contribution >= 4 is 6.08 Å². The number of allylic oxidation sites excluding steroid dienone is 1. The van der Waals surface area contributed by atoms with Crippen molar-refractivity contribution < 1.29 is 0 Å². The van der Waals surface area contributed by atoms with Gasteiger partial charge in [-0.2, -0.15) is 0 Å². The molecule has 16 heavy (non-hydrogen) atoms. The summed E-state index contributed by atoms with van der Waals surface area (Å²) in [6, 6.07) is 8.31. The normalized spacial score (nSPS) is 18.1. The molecular weight excluding hydrogens is 196 g/mol. The van der Waals surface area contributed by atoms with Crippen LogP contribution in [0.25, 0.3) is 6.08 Å². The first-order valence-corrected chi connectivity index (χ1v) is 5.90. The van der Waals surface area contributed by atoms with E-state index >= 15 is 0 Å². The van der Waals surface area contributed by atoms with Crippen LogP contribution >= 0.6 is 0 Å². The van der Waals surface area contributed by atoms with Crippen molar-refractivity contribution in [3.05, 3.63) is 47.9 Å². The Morgan fingerprint density at radius 1 is 1.38 bits per heavy atom. The number of rotatable bonds is 3. The Morgan fingerprint density at radius 3 is 3.00 bits per heavy atom. The molecule has 1 aliphatic heterocycles. The van der Waals surface area contributed by atoms with Crippen molar-refractivity contribution in [1.82, 2.24) is 5.32 Å². The first-order valence-electron chi connectivity index (χ1n) is 5.90. The zero-order chi connectivity index (χ0) is 11.2. The highest BCUT2D eigenvalue weighted by Crippen LogP contribution is 2.16. The van der Waals surface area contributed by atoms with Gasteiger partial charge >= 0.3 is 0 Å². The second-order valence-electron chi connectivity index (χ2n) is 4.15. The molecule has 1 heterocycles. The Kier molecular flexibility index (Phi) is 4.14. The molecule has 3 N–H and O–H groups in total. The van der Waals surface area contributed by atoms with Crippen LogP contribution in [0.5, 0.6) is 0 Å². The maximum Gasteiger partial charge on any atom is 0.0184 e. The van der Waals surface area contributed by atoms with Crippen LogP contribution in [0.1, 0.15) is 17.5 Å². The van der Waals surface area contributed by atoms with E-state index in [1.165, 1.54) is 17.5 Å². The molecule has 2 rings (SSSR count). The minimum atomic E-state index is 0.604. The highest BCUT2D eigenvalue weighted by Gasteiger charge is 2.09. The fourth-order valence-electron chi connectivity index (χ4n) is 2.01. The topological polar surface area (TPSA) is 38.0 Å². The molecule has 1 saturated heterocycles. The van der Waals surface area contributed by atoms with Crippen molar-refractivity contribution in [2.75, 3.05) is 13.1 Å². The first kappa shape index (κ1) is 11.4. The molecule has 1 aliphatic rings. The van der Waals surface area contributed by atoms with Gasteiger partial charge in [-0.15, -0.1) is 0 Å². The van der Waals surface area contributed by atoms with Gasteiger partial charge < -0.3 is 11.1 Å². The van der Waals surface area contributed by atoms with Gasteiger partial charge in [0.15, 0.2) is 0 Å². The van der Waals surface area contributed by atoms with E-state index in [-0.39, 0.29) is 0 Å². The van der Waals surface area contributed by atoms with Crippen LogP contribution in [0.15, 0.2) is 30.3 Å². The number of piperidine rings is 1. The van der Waals surface area contributed by atoms with Crippen molar-refractivity contribution in [2.24, 2.45) is 11.7 Å². The lowest BCUT2D eigenvalue weighted by atomic mass is 9.96. The van der Waals surface area contributed by atoms with Gasteiger partial charge in [0.2, 0.25) is 0 Å². The minimum Gasteiger partial charge on any atom is -0.326 e. The lowest BCUT2D eigenvalue weighted by molar-refractivity contribution is 0.527. The SMILES string of the molecule is NCc1ccccc1C=CC1[CH]CNCC1. The van der Waals surface area contributed by atoms with Gasteiger partial charge in [-0.1, -0.05) is 36.4 Å². The third-order valence-electron chi connectivity index (χ3n) is 3.02. The predicted molar refractivity (Wildman–Crippen MR) is 68.6 cm³/mol. The monoisotopic (exact) mass is 215 g/mol. The zero-order valence-electron chi connectivity index (χ0n) is 9.52. The Bertz CT molecular complexity index is 352. The smallest absolute Gasteiger partial charge is 0.0184 e. The fraction of sp³-hybridized carbons (Fsp3) is 0.357. The lowest BCUT2D eigenvalue weighted by Crippen LogP contribution is -2.27. The quantitative estimate of drug-likeness (QED) is 0.809. The molecule has 1 radical (unpaired) electrons. The van der Waals surface area contributed by atoms with Crippen LogP contribution in [-0.2, 0) is 6.54 Å². The number of benzene rings is 1. The van der Waals surface area contributed by atoms with E-state index < -0.39 is 0 Å². The average molecular weight is 215 g/mol. The fourth-order valence-corrected chi connectivity index (χ4v) is 2.01. The van der Waals surface area contributed by atoms with E-state index in [0.717, 1.165) is 13.1 Å². The first-order chi connectivity index (χ1) is 7.90. The molecule has 0 aliphatic carbocycles. The number of nitrogens with two attached hydrogens (primary N) is 1. The maximum absolute atomic E-state index is 5.71. The van der Waals surface area contributed by atoms with Crippen molar-refractivity contribution in [3.63, 3.8) is 0 Å². The molecule has 2 nitrogen and oxygen atoms in total. The molecule has 1 unspecified atom stereocenters. The van der Waals surface area contributed by atoms with Crippen molar-refractivity contribution in [3.8, 4) is 0 Å². The Hall–Kier alpha value is -1.12. The van der Waals surface area contributed by atoms with Crippen LogP contribution in [0.4, 0.5) is 0 Å². The lowest BCUT2D eigenvalue weighted by Gasteiger charge is -2.18. The molecule has 0 aromatic heterocycles. The minimum absolute atomic E-state index is 0.604. The third kappa shape index (κ3) is 2.94. The van der Waals surface area contributed by atoms with Crippen LogP contribution in [0.2, 0.25) is 0 Å². The second kappa shape index (κ2) is 5.83. The molecule has 0 saturated carbocycles. The summed E-state index contributed by atoms with van der Waals surface area (Å²) in [6.45, 7) is 2.74. The summed E-state index contributed by atoms with van der Waals surface area (Å²) in [5.74, 6) is 0.604. The zero-order valence-corrected chi connectivity index (χ0v) is 9.52. The largest absolute Gasteiger partial charge is 0.326 e. The highest BCUT2D eigenvalue weighted by atomic mass is 14.9. The van der Waals surface area contributed by atoms with Gasteiger partial charge in [-0.05, 0) is 43.0 Å². The Balaban J connectivity index is 2.04. The van der Waals surface area contributed by atoms with E-state index in [4.69, 9.17) is 5.73 Å². The summed E-state index contributed by atoms with van der Waals surface area (Å²) in [4.78, 5) is 0. The van der Waals surface area contributed by atoms with Gasteiger partial charge in [-0.25, -0.2) is 0 Å². The third-order valence-corrected chi connectivity index (χ3v) is 3.02. The van der Waals surface area contributed by atoms with E-state index in [1.807, 2.05) is 6.07 Å². The van der Waals surface area contributed by atoms with Crippen molar-refractivity contribution in [2.45, 2.75) is 13.0 Å². The molecule has 0 amide bonds. The van der Waals surface area contributed by atoms with Crippen LogP contribution < -0.4 is 11.1 Å². The van der Waals surface area contributed by atoms with Gasteiger partial charge in [0, 0.05) is 6.54 Å². The molecule has 1 atom stereocenters. The molecule has 1 aromatic rings. The number of hydrogen-bond acceptors (Lipinski definition) is 2. The Labute approximate surface area is 97.5 Å². The van der Waals surface area contributed by atoms with E-state index in [9.17, 15) is 0 Å². The van der Waals surface area contributed by atoms with Gasteiger partial charge in [-0.3, -0.25) is 0 Å². The summed E-state index contributed by atoms with van der Waals surface area (Å²) >= 11 is 0. The molecule has 1 aromatic carbocycles. The van der Waals surface area contributed by atoms with E-state index in [0.29, 0.717) is 12.5 Å². The number of nitrogens with one attached hydrogen (secondary N) is 1. The maximum atomic E-state index is 5.71. The summed E-state index contributed by atoms with van der Waals surface area (Å²) in [5, 5.41) is 3.33. The molecule has 2 heteroatoms. The summed E-state index contributed by atoms with van der Waals surface area (Å²) in [7, 11) is 0. The summed E-state index contributed by atoms with van der Waals surface area (Å²) in [6.07, 6.45) is 8.01. The van der Waals surface area contributed by atoms with Crippen molar-refractivity contribution in [1.29, 1.82) is 0 Å². The van der Waals surface area contributed by atoms with E-state index in [2.05, 4.69) is 42.1 Å². The Morgan fingerprint density at radius 2 is 2.25 bits per heavy atom.